The van der Waals surface area contributed by atoms with E-state index in [1.54, 1.807) is 0 Å². The minimum absolute atomic E-state index is 0.454. The van der Waals surface area contributed by atoms with E-state index in [2.05, 4.69) is 40.6 Å². The number of benzene rings is 1. The van der Waals surface area contributed by atoms with E-state index >= 15 is 0 Å². The lowest BCUT2D eigenvalue weighted by molar-refractivity contribution is 0.163. The van der Waals surface area contributed by atoms with Crippen LogP contribution in [-0.2, 0) is 0 Å². The maximum Gasteiger partial charge on any atom is 0.102 e. The Morgan fingerprint density at radius 3 is 2.88 bits per heavy atom. The highest BCUT2D eigenvalue weighted by Crippen LogP contribution is 2.26. The van der Waals surface area contributed by atoms with Crippen molar-refractivity contribution < 1.29 is 5.11 Å². The summed E-state index contributed by atoms with van der Waals surface area (Å²) in [6.45, 7) is 2.07. The van der Waals surface area contributed by atoms with Crippen LogP contribution in [0.4, 0.5) is 0 Å². The van der Waals surface area contributed by atoms with Crippen LogP contribution < -0.4 is 0 Å². The molecule has 0 aliphatic rings. The Labute approximate surface area is 109 Å². The van der Waals surface area contributed by atoms with Crippen molar-refractivity contribution >= 4 is 33.4 Å². The molecule has 2 nitrogen and oxygen atoms in total. The van der Waals surface area contributed by atoms with Gasteiger partial charge in [-0.1, -0.05) is 37.6 Å². The molecule has 1 heterocycles. The lowest BCUT2D eigenvalue weighted by atomic mass is 10.0. The fraction of sp³-hybridized carbons (Fsp3) is 0.308. The van der Waals surface area contributed by atoms with Gasteiger partial charge in [0.25, 0.3) is 0 Å². The average Bonchev–Trinajstić information content (AvgIpc) is 2.28. The van der Waals surface area contributed by atoms with E-state index in [1.807, 2.05) is 24.3 Å². The van der Waals surface area contributed by atoms with Gasteiger partial charge < -0.3 is 5.11 Å². The lowest BCUT2D eigenvalue weighted by Gasteiger charge is -2.12. The highest BCUT2D eigenvalue weighted by Gasteiger charge is 2.12. The standard InChI is InChI=1S/C13H14INO/c1-2-5-11(16)13-10-7-4-3-6-9(10)8-12(14)15-13/h3-4,6-8,11,16H,2,5H2,1H3. The molecule has 3 heteroatoms. The highest BCUT2D eigenvalue weighted by atomic mass is 127. The number of halogens is 1. The van der Waals surface area contributed by atoms with Crippen LogP contribution in [0.2, 0.25) is 0 Å². The normalized spacial score (nSPS) is 12.9. The van der Waals surface area contributed by atoms with E-state index < -0.39 is 6.10 Å². The number of aromatic nitrogens is 1. The van der Waals surface area contributed by atoms with Crippen molar-refractivity contribution in [3.8, 4) is 0 Å². The van der Waals surface area contributed by atoms with Crippen LogP contribution in [0, 0.1) is 3.70 Å². The van der Waals surface area contributed by atoms with Crippen molar-refractivity contribution in [3.63, 3.8) is 0 Å². The molecule has 84 valence electrons. The van der Waals surface area contributed by atoms with Gasteiger partial charge in [-0.3, -0.25) is 0 Å². The molecule has 2 rings (SSSR count). The number of nitrogens with zero attached hydrogens (tertiary/aromatic N) is 1. The molecule has 0 aliphatic carbocycles. The van der Waals surface area contributed by atoms with Crippen LogP contribution >= 0.6 is 22.6 Å². The Morgan fingerprint density at radius 1 is 1.38 bits per heavy atom. The molecule has 1 aromatic carbocycles. The number of hydrogen-bond donors (Lipinski definition) is 1. The molecular weight excluding hydrogens is 313 g/mol. The smallest absolute Gasteiger partial charge is 0.102 e. The first-order valence-corrected chi connectivity index (χ1v) is 6.53. The number of aliphatic hydroxyl groups is 1. The molecule has 0 saturated carbocycles. The predicted octanol–water partition coefficient (Wildman–Crippen LogP) is 3.67. The summed E-state index contributed by atoms with van der Waals surface area (Å²) in [4.78, 5) is 4.46. The first-order chi connectivity index (χ1) is 7.72. The third kappa shape index (κ3) is 2.35. The Balaban J connectivity index is 2.58. The molecule has 1 unspecified atom stereocenters. The third-order valence-electron chi connectivity index (χ3n) is 2.62. The second-order valence-corrected chi connectivity index (χ2v) is 4.96. The van der Waals surface area contributed by atoms with E-state index in [0.29, 0.717) is 0 Å². The summed E-state index contributed by atoms with van der Waals surface area (Å²) in [5.41, 5.74) is 0.810. The molecule has 0 fully saturated rings. The van der Waals surface area contributed by atoms with E-state index in [-0.39, 0.29) is 0 Å². The Bertz CT molecular complexity index is 498. The van der Waals surface area contributed by atoms with Crippen molar-refractivity contribution in [2.45, 2.75) is 25.9 Å². The van der Waals surface area contributed by atoms with Crippen molar-refractivity contribution in [2.24, 2.45) is 0 Å². The minimum Gasteiger partial charge on any atom is -0.387 e. The number of aliphatic hydroxyl groups excluding tert-OH is 1. The molecular formula is C13H14INO. The van der Waals surface area contributed by atoms with Crippen LogP contribution in [0.3, 0.4) is 0 Å². The van der Waals surface area contributed by atoms with Crippen LogP contribution in [0.15, 0.2) is 30.3 Å². The Kier molecular flexibility index (Phi) is 3.76. The molecule has 1 atom stereocenters. The minimum atomic E-state index is -0.454. The molecule has 0 radical (unpaired) electrons. The fourth-order valence-electron chi connectivity index (χ4n) is 1.86. The first-order valence-electron chi connectivity index (χ1n) is 5.45. The van der Waals surface area contributed by atoms with Crippen molar-refractivity contribution in [3.05, 3.63) is 39.7 Å². The molecule has 0 saturated heterocycles. The molecule has 1 N–H and O–H groups in total. The molecule has 0 spiro atoms. The van der Waals surface area contributed by atoms with Crippen LogP contribution in [-0.4, -0.2) is 10.1 Å². The van der Waals surface area contributed by atoms with Crippen molar-refractivity contribution in [2.75, 3.05) is 0 Å². The van der Waals surface area contributed by atoms with Crippen molar-refractivity contribution in [1.82, 2.24) is 4.98 Å². The second kappa shape index (κ2) is 5.10. The lowest BCUT2D eigenvalue weighted by Crippen LogP contribution is -2.02. The van der Waals surface area contributed by atoms with Crippen LogP contribution in [0.5, 0.6) is 0 Å². The summed E-state index contributed by atoms with van der Waals surface area (Å²) in [6.07, 6.45) is 1.27. The van der Waals surface area contributed by atoms with Gasteiger partial charge in [-0.25, -0.2) is 4.98 Å². The molecule has 1 aromatic heterocycles. The number of hydrogen-bond acceptors (Lipinski definition) is 2. The van der Waals surface area contributed by atoms with Gasteiger partial charge in [-0.2, -0.15) is 0 Å². The Morgan fingerprint density at radius 2 is 2.12 bits per heavy atom. The highest BCUT2D eigenvalue weighted by molar-refractivity contribution is 14.1. The molecule has 2 aromatic rings. The quantitative estimate of drug-likeness (QED) is 0.689. The van der Waals surface area contributed by atoms with E-state index in [4.69, 9.17) is 0 Å². The summed E-state index contributed by atoms with van der Waals surface area (Å²) in [5.74, 6) is 0. The van der Waals surface area contributed by atoms with Gasteiger partial charge in [-0.05, 0) is 40.5 Å². The topological polar surface area (TPSA) is 33.1 Å². The number of fused-ring (bicyclic) bond motifs is 1. The van der Waals surface area contributed by atoms with Crippen molar-refractivity contribution in [1.29, 1.82) is 0 Å². The number of pyridine rings is 1. The largest absolute Gasteiger partial charge is 0.387 e. The molecule has 16 heavy (non-hydrogen) atoms. The first kappa shape index (κ1) is 11.8. The molecule has 0 amide bonds. The average molecular weight is 327 g/mol. The van der Waals surface area contributed by atoms with Gasteiger partial charge in [0, 0.05) is 5.39 Å². The summed E-state index contributed by atoms with van der Waals surface area (Å²) >= 11 is 2.19. The molecule has 0 aliphatic heterocycles. The zero-order valence-electron chi connectivity index (χ0n) is 9.15. The van der Waals surface area contributed by atoms with Gasteiger partial charge in [0.2, 0.25) is 0 Å². The summed E-state index contributed by atoms with van der Waals surface area (Å²) in [7, 11) is 0. The van der Waals surface area contributed by atoms with E-state index in [1.165, 1.54) is 0 Å². The van der Waals surface area contributed by atoms with E-state index in [9.17, 15) is 5.11 Å². The fourth-order valence-corrected chi connectivity index (χ4v) is 2.45. The summed E-state index contributed by atoms with van der Waals surface area (Å²) in [5, 5.41) is 12.3. The van der Waals surface area contributed by atoms with Crippen LogP contribution in [0.1, 0.15) is 31.6 Å². The van der Waals surface area contributed by atoms with Gasteiger partial charge in [0.1, 0.15) is 3.70 Å². The van der Waals surface area contributed by atoms with Gasteiger partial charge in [-0.15, -0.1) is 0 Å². The summed E-state index contributed by atoms with van der Waals surface area (Å²) in [6, 6.07) is 10.1. The monoisotopic (exact) mass is 327 g/mol. The van der Waals surface area contributed by atoms with E-state index in [0.717, 1.165) is 33.0 Å². The van der Waals surface area contributed by atoms with Gasteiger partial charge >= 0.3 is 0 Å². The van der Waals surface area contributed by atoms with Crippen LogP contribution in [0.25, 0.3) is 10.8 Å². The van der Waals surface area contributed by atoms with Gasteiger partial charge in [0.15, 0.2) is 0 Å². The molecule has 0 bridgehead atoms. The third-order valence-corrected chi connectivity index (χ3v) is 3.17. The maximum atomic E-state index is 10.1. The predicted molar refractivity (Wildman–Crippen MR) is 74.3 cm³/mol. The van der Waals surface area contributed by atoms with Gasteiger partial charge in [0.05, 0.1) is 11.8 Å². The zero-order valence-corrected chi connectivity index (χ0v) is 11.3. The zero-order chi connectivity index (χ0) is 11.5. The Hall–Kier alpha value is -0.680. The summed E-state index contributed by atoms with van der Waals surface area (Å²) < 4.78 is 0.932. The maximum absolute atomic E-state index is 10.1. The SMILES string of the molecule is CCCC(O)c1nc(I)cc2ccccc12. The number of rotatable bonds is 3. The second-order valence-electron chi connectivity index (χ2n) is 3.86.